The zero-order valence-electron chi connectivity index (χ0n) is 22.2. The van der Waals surface area contributed by atoms with Gasteiger partial charge in [-0.2, -0.15) is 0 Å². The first kappa shape index (κ1) is 31.0. The number of carbonyl (C=O) groups is 6. The average molecular weight is 553 g/mol. The van der Waals surface area contributed by atoms with Crippen molar-refractivity contribution in [2.75, 3.05) is 6.61 Å². The van der Waals surface area contributed by atoms with Crippen LogP contribution in [0.25, 0.3) is 0 Å². The molecule has 2 N–H and O–H groups in total. The zero-order chi connectivity index (χ0) is 29.1. The summed E-state index contributed by atoms with van der Waals surface area (Å²) >= 11 is 0. The van der Waals surface area contributed by atoms with Gasteiger partial charge in [-0.1, -0.05) is 30.3 Å². The Balaban J connectivity index is 2.23. The van der Waals surface area contributed by atoms with E-state index in [0.29, 0.717) is 0 Å². The predicted octanol–water partition coefficient (Wildman–Crippen LogP) is 0.501. The quantitative estimate of drug-likeness (QED) is 0.303. The molecule has 2 rings (SSSR count). The molecule has 0 radical (unpaired) electrons. The number of alkyl carbamates (subject to hydrolysis) is 1. The molecule has 14 nitrogen and oxygen atoms in total. The summed E-state index contributed by atoms with van der Waals surface area (Å²) in [7, 11) is 0. The standard InChI is InChI=1S/C25H32N2O12/c1-13(26-25(33)35-11-18-9-7-6-8-10-18)23(32)27-20-22(37-16(4)30)21(36-15(3)29)19(12-34-14(2)28)39-24(20)38-17(5)31/h6-10,13,19-22,24H,11-12H2,1-5H3,(H,26,33)(H,27,32)/t13-,19-,20-,21-,22-,24-/m1/s1. The Bertz CT molecular complexity index is 1050. The minimum atomic E-state index is -1.56. The summed E-state index contributed by atoms with van der Waals surface area (Å²) < 4.78 is 31.7. The number of amides is 2. The predicted molar refractivity (Wildman–Crippen MR) is 129 cm³/mol. The molecule has 0 unspecified atom stereocenters. The van der Waals surface area contributed by atoms with E-state index in [1.807, 2.05) is 6.07 Å². The van der Waals surface area contributed by atoms with Crippen LogP contribution in [0.15, 0.2) is 30.3 Å². The summed E-state index contributed by atoms with van der Waals surface area (Å²) in [6.07, 6.45) is -6.48. The van der Waals surface area contributed by atoms with Crippen molar-refractivity contribution in [3.05, 3.63) is 35.9 Å². The van der Waals surface area contributed by atoms with Gasteiger partial charge in [0.25, 0.3) is 0 Å². The van der Waals surface area contributed by atoms with Crippen molar-refractivity contribution < 1.29 is 57.2 Å². The molecular formula is C25H32N2O12. The summed E-state index contributed by atoms with van der Waals surface area (Å²) in [5.74, 6) is -3.89. The van der Waals surface area contributed by atoms with Crippen LogP contribution in [0.1, 0.15) is 40.2 Å². The molecule has 1 aromatic rings. The molecule has 1 aliphatic rings. The highest BCUT2D eigenvalue weighted by molar-refractivity contribution is 5.85. The summed E-state index contributed by atoms with van der Waals surface area (Å²) in [4.78, 5) is 72.2. The molecule has 1 aromatic carbocycles. The van der Waals surface area contributed by atoms with Crippen LogP contribution in [0.4, 0.5) is 4.79 Å². The summed E-state index contributed by atoms with van der Waals surface area (Å²) in [5, 5.41) is 4.87. The van der Waals surface area contributed by atoms with Crippen LogP contribution in [0.5, 0.6) is 0 Å². The summed E-state index contributed by atoms with van der Waals surface area (Å²) in [6.45, 7) is 5.26. The van der Waals surface area contributed by atoms with Crippen LogP contribution in [0.3, 0.4) is 0 Å². The van der Waals surface area contributed by atoms with Crippen LogP contribution < -0.4 is 10.6 Å². The third kappa shape index (κ3) is 10.2. The van der Waals surface area contributed by atoms with Gasteiger partial charge in [0.2, 0.25) is 12.2 Å². The Kier molecular flexibility index (Phi) is 11.7. The molecule has 0 saturated carbocycles. The van der Waals surface area contributed by atoms with Crippen LogP contribution in [-0.2, 0) is 59.0 Å². The lowest BCUT2D eigenvalue weighted by Crippen LogP contribution is -2.68. The fourth-order valence-corrected chi connectivity index (χ4v) is 3.62. The highest BCUT2D eigenvalue weighted by Crippen LogP contribution is 2.28. The third-order valence-electron chi connectivity index (χ3n) is 5.23. The first-order valence-electron chi connectivity index (χ1n) is 12.0. The minimum absolute atomic E-state index is 0.0334. The van der Waals surface area contributed by atoms with E-state index in [4.69, 9.17) is 28.4 Å². The molecule has 0 bridgehead atoms. The van der Waals surface area contributed by atoms with Crippen molar-refractivity contribution >= 4 is 35.9 Å². The maximum Gasteiger partial charge on any atom is 0.408 e. The molecule has 0 spiro atoms. The van der Waals surface area contributed by atoms with E-state index >= 15 is 0 Å². The molecule has 0 aromatic heterocycles. The van der Waals surface area contributed by atoms with Crippen molar-refractivity contribution in [2.45, 2.75) is 77.9 Å². The van der Waals surface area contributed by atoms with Crippen LogP contribution in [0, 0.1) is 0 Å². The monoisotopic (exact) mass is 552 g/mol. The number of hydrogen-bond acceptors (Lipinski definition) is 12. The van der Waals surface area contributed by atoms with E-state index in [9.17, 15) is 28.8 Å². The van der Waals surface area contributed by atoms with Gasteiger partial charge in [-0.3, -0.25) is 24.0 Å². The Morgan fingerprint density at radius 3 is 1.97 bits per heavy atom. The van der Waals surface area contributed by atoms with Gasteiger partial charge in [-0.15, -0.1) is 0 Å². The smallest absolute Gasteiger partial charge is 0.408 e. The molecule has 1 fully saturated rings. The number of ether oxygens (including phenoxy) is 6. The van der Waals surface area contributed by atoms with Gasteiger partial charge in [0.1, 0.15) is 31.4 Å². The molecule has 1 saturated heterocycles. The maximum atomic E-state index is 13.0. The van der Waals surface area contributed by atoms with Crippen molar-refractivity contribution in [1.29, 1.82) is 0 Å². The van der Waals surface area contributed by atoms with Gasteiger partial charge in [-0.05, 0) is 12.5 Å². The lowest BCUT2D eigenvalue weighted by atomic mass is 9.95. The van der Waals surface area contributed by atoms with E-state index in [1.165, 1.54) is 6.92 Å². The number of benzene rings is 1. The highest BCUT2D eigenvalue weighted by Gasteiger charge is 2.52. The van der Waals surface area contributed by atoms with Crippen molar-refractivity contribution in [2.24, 2.45) is 0 Å². The fraction of sp³-hybridized carbons (Fsp3) is 0.520. The van der Waals surface area contributed by atoms with Crippen LogP contribution in [-0.4, -0.2) is 79.2 Å². The molecular weight excluding hydrogens is 520 g/mol. The second-order valence-electron chi connectivity index (χ2n) is 8.57. The minimum Gasteiger partial charge on any atom is -0.463 e. The van der Waals surface area contributed by atoms with Crippen molar-refractivity contribution in [3.8, 4) is 0 Å². The van der Waals surface area contributed by atoms with Gasteiger partial charge in [0, 0.05) is 27.7 Å². The molecule has 2 amide bonds. The van der Waals surface area contributed by atoms with Crippen LogP contribution >= 0.6 is 0 Å². The molecule has 6 atom stereocenters. The first-order chi connectivity index (χ1) is 18.4. The number of esters is 4. The van der Waals surface area contributed by atoms with Crippen molar-refractivity contribution in [3.63, 3.8) is 0 Å². The van der Waals surface area contributed by atoms with Crippen LogP contribution in [0.2, 0.25) is 0 Å². The Labute approximate surface area is 224 Å². The molecule has 39 heavy (non-hydrogen) atoms. The molecule has 1 heterocycles. The molecule has 14 heteroatoms. The average Bonchev–Trinajstić information content (AvgIpc) is 2.84. The van der Waals surface area contributed by atoms with E-state index in [0.717, 1.165) is 33.3 Å². The van der Waals surface area contributed by atoms with Gasteiger partial charge in [0.05, 0.1) is 0 Å². The van der Waals surface area contributed by atoms with E-state index in [2.05, 4.69) is 10.6 Å². The number of rotatable bonds is 10. The second kappa shape index (κ2) is 14.7. The largest absolute Gasteiger partial charge is 0.463 e. The van der Waals surface area contributed by atoms with Gasteiger partial charge >= 0.3 is 30.0 Å². The number of nitrogens with one attached hydrogen (secondary N) is 2. The lowest BCUT2D eigenvalue weighted by molar-refractivity contribution is -0.271. The fourth-order valence-electron chi connectivity index (χ4n) is 3.62. The molecule has 0 aliphatic carbocycles. The Hall–Kier alpha value is -4.20. The maximum absolute atomic E-state index is 13.0. The van der Waals surface area contributed by atoms with Gasteiger partial charge in [-0.25, -0.2) is 4.79 Å². The molecule has 214 valence electrons. The number of carbonyl (C=O) groups excluding carboxylic acids is 6. The third-order valence-corrected chi connectivity index (χ3v) is 5.23. The Morgan fingerprint density at radius 1 is 0.821 bits per heavy atom. The van der Waals surface area contributed by atoms with Crippen molar-refractivity contribution in [1.82, 2.24) is 10.6 Å². The topological polar surface area (TPSA) is 182 Å². The highest BCUT2D eigenvalue weighted by atomic mass is 16.7. The summed E-state index contributed by atoms with van der Waals surface area (Å²) in [5.41, 5.74) is 0.734. The van der Waals surface area contributed by atoms with E-state index < -0.39 is 79.2 Å². The first-order valence-corrected chi connectivity index (χ1v) is 12.0. The van der Waals surface area contributed by atoms with Gasteiger partial charge < -0.3 is 39.1 Å². The summed E-state index contributed by atoms with van der Waals surface area (Å²) in [6, 6.07) is 6.30. The lowest BCUT2D eigenvalue weighted by Gasteiger charge is -2.44. The number of hydrogen-bond donors (Lipinski definition) is 2. The zero-order valence-corrected chi connectivity index (χ0v) is 22.2. The second-order valence-corrected chi connectivity index (χ2v) is 8.57. The van der Waals surface area contributed by atoms with E-state index in [-0.39, 0.29) is 6.61 Å². The van der Waals surface area contributed by atoms with Gasteiger partial charge in [0.15, 0.2) is 12.2 Å². The SMILES string of the molecule is CC(=O)OC[C@H]1O[C@@H](OC(C)=O)[C@H](NC(=O)[C@@H](C)NC(=O)OCc2ccccc2)[C@@H](OC(C)=O)[C@@H]1OC(C)=O. The van der Waals surface area contributed by atoms with E-state index in [1.54, 1.807) is 24.3 Å². The molecule has 1 aliphatic heterocycles. The normalized spacial score (nSPS) is 22.8. The Morgan fingerprint density at radius 2 is 1.41 bits per heavy atom.